The first kappa shape index (κ1) is 13.0. The molecule has 0 bridgehead atoms. The number of aliphatic hydroxyl groups is 1. The van der Waals surface area contributed by atoms with Crippen LogP contribution in [0.4, 0.5) is 0 Å². The van der Waals surface area contributed by atoms with Gasteiger partial charge in [-0.15, -0.1) is 0 Å². The summed E-state index contributed by atoms with van der Waals surface area (Å²) in [5.41, 5.74) is 0. The molecule has 0 saturated heterocycles. The van der Waals surface area contributed by atoms with Gasteiger partial charge in [-0.2, -0.15) is 0 Å². The summed E-state index contributed by atoms with van der Waals surface area (Å²) in [6.07, 6.45) is 6.93. The minimum absolute atomic E-state index is 0.0739. The molecule has 0 aliphatic heterocycles. The molecule has 1 rings (SSSR count). The van der Waals surface area contributed by atoms with Crippen molar-refractivity contribution in [3.63, 3.8) is 0 Å². The van der Waals surface area contributed by atoms with E-state index < -0.39 is 0 Å². The van der Waals surface area contributed by atoms with E-state index in [-0.39, 0.29) is 6.10 Å². The fourth-order valence-corrected chi connectivity index (χ4v) is 2.29. The van der Waals surface area contributed by atoms with E-state index in [2.05, 4.69) is 13.8 Å². The highest BCUT2D eigenvalue weighted by molar-refractivity contribution is 4.74. The van der Waals surface area contributed by atoms with Gasteiger partial charge in [-0.25, -0.2) is 0 Å². The fourth-order valence-electron chi connectivity index (χ4n) is 2.29. The van der Waals surface area contributed by atoms with Gasteiger partial charge < -0.3 is 9.84 Å². The summed E-state index contributed by atoms with van der Waals surface area (Å²) in [7, 11) is 0. The Morgan fingerprint density at radius 1 is 1.27 bits per heavy atom. The van der Waals surface area contributed by atoms with Gasteiger partial charge in [0, 0.05) is 13.2 Å². The zero-order valence-electron chi connectivity index (χ0n) is 10.2. The third-order valence-corrected chi connectivity index (χ3v) is 3.18. The summed E-state index contributed by atoms with van der Waals surface area (Å²) in [4.78, 5) is 0. The lowest BCUT2D eigenvalue weighted by molar-refractivity contribution is 0.0696. The van der Waals surface area contributed by atoms with E-state index in [4.69, 9.17) is 4.74 Å². The molecule has 90 valence electrons. The summed E-state index contributed by atoms with van der Waals surface area (Å²) in [5.74, 6) is 1.19. The van der Waals surface area contributed by atoms with Crippen molar-refractivity contribution >= 4 is 0 Å². The van der Waals surface area contributed by atoms with Gasteiger partial charge in [-0.05, 0) is 37.5 Å². The summed E-state index contributed by atoms with van der Waals surface area (Å²) in [5, 5.41) is 9.90. The second kappa shape index (κ2) is 7.24. The van der Waals surface area contributed by atoms with Crippen molar-refractivity contribution in [3.05, 3.63) is 0 Å². The Hall–Kier alpha value is -0.0800. The Bertz CT molecular complexity index is 151. The second-order valence-electron chi connectivity index (χ2n) is 5.22. The van der Waals surface area contributed by atoms with Gasteiger partial charge in [-0.3, -0.25) is 0 Å². The first-order valence-electron chi connectivity index (χ1n) is 6.46. The summed E-state index contributed by atoms with van der Waals surface area (Å²) in [6, 6.07) is 0. The molecule has 0 aromatic carbocycles. The molecule has 0 radical (unpaired) electrons. The van der Waals surface area contributed by atoms with E-state index >= 15 is 0 Å². The number of hydrogen-bond donors (Lipinski definition) is 1. The molecule has 0 amide bonds. The number of aliphatic hydroxyl groups excluding tert-OH is 1. The van der Waals surface area contributed by atoms with Gasteiger partial charge in [0.25, 0.3) is 0 Å². The molecule has 1 aliphatic carbocycles. The molecule has 1 aliphatic rings. The molecule has 1 N–H and O–H groups in total. The van der Waals surface area contributed by atoms with Gasteiger partial charge in [0.2, 0.25) is 0 Å². The first-order valence-corrected chi connectivity index (χ1v) is 6.46. The maximum Gasteiger partial charge on any atom is 0.0569 e. The molecule has 2 heteroatoms. The van der Waals surface area contributed by atoms with Crippen LogP contribution in [0.25, 0.3) is 0 Å². The third-order valence-electron chi connectivity index (χ3n) is 3.18. The van der Waals surface area contributed by atoms with Crippen LogP contribution >= 0.6 is 0 Å². The normalized spacial score (nSPS) is 20.0. The van der Waals surface area contributed by atoms with Crippen molar-refractivity contribution in [2.45, 2.75) is 58.5 Å². The fraction of sp³-hybridized carbons (Fsp3) is 1.00. The van der Waals surface area contributed by atoms with E-state index in [0.29, 0.717) is 11.8 Å². The molecule has 0 aromatic rings. The standard InChI is InChI=1S/C13H26O2/c1-11(2)10-15-9-5-8-13(14)12-6-3-4-7-12/h11-14H,3-10H2,1-2H3. The van der Waals surface area contributed by atoms with Gasteiger partial charge in [0.05, 0.1) is 6.10 Å². The highest BCUT2D eigenvalue weighted by Crippen LogP contribution is 2.29. The zero-order chi connectivity index (χ0) is 11.1. The molecule has 15 heavy (non-hydrogen) atoms. The SMILES string of the molecule is CC(C)COCCCC(O)C1CCCC1. The van der Waals surface area contributed by atoms with Crippen LogP contribution < -0.4 is 0 Å². The van der Waals surface area contributed by atoms with Crippen molar-refractivity contribution in [1.29, 1.82) is 0 Å². The topological polar surface area (TPSA) is 29.5 Å². The average molecular weight is 214 g/mol. The van der Waals surface area contributed by atoms with Crippen LogP contribution in [0.3, 0.4) is 0 Å². The average Bonchev–Trinajstić information content (AvgIpc) is 2.69. The van der Waals surface area contributed by atoms with Crippen LogP contribution in [0.5, 0.6) is 0 Å². The van der Waals surface area contributed by atoms with Crippen LogP contribution in [-0.2, 0) is 4.74 Å². The summed E-state index contributed by atoms with van der Waals surface area (Å²) in [6.45, 7) is 5.97. The molecule has 1 unspecified atom stereocenters. The van der Waals surface area contributed by atoms with Crippen molar-refractivity contribution in [3.8, 4) is 0 Å². The minimum Gasteiger partial charge on any atom is -0.393 e. The summed E-state index contributed by atoms with van der Waals surface area (Å²) >= 11 is 0. The predicted molar refractivity (Wildman–Crippen MR) is 62.9 cm³/mol. The van der Waals surface area contributed by atoms with Crippen molar-refractivity contribution in [2.75, 3.05) is 13.2 Å². The van der Waals surface area contributed by atoms with Crippen LogP contribution in [0, 0.1) is 11.8 Å². The van der Waals surface area contributed by atoms with E-state index in [1.165, 1.54) is 25.7 Å². The van der Waals surface area contributed by atoms with Crippen LogP contribution in [-0.4, -0.2) is 24.4 Å². The highest BCUT2D eigenvalue weighted by Gasteiger charge is 2.22. The van der Waals surface area contributed by atoms with E-state index in [9.17, 15) is 5.11 Å². The molecule has 1 saturated carbocycles. The zero-order valence-corrected chi connectivity index (χ0v) is 10.2. The molecule has 1 atom stereocenters. The molecule has 1 fully saturated rings. The minimum atomic E-state index is -0.0739. The largest absolute Gasteiger partial charge is 0.393 e. The Morgan fingerprint density at radius 3 is 2.53 bits per heavy atom. The number of hydrogen-bond acceptors (Lipinski definition) is 2. The maximum absolute atomic E-state index is 9.90. The lowest BCUT2D eigenvalue weighted by atomic mass is 9.97. The molecule has 2 nitrogen and oxygen atoms in total. The molecular formula is C13H26O2. The number of rotatable bonds is 7. The van der Waals surface area contributed by atoms with Crippen molar-refractivity contribution < 1.29 is 9.84 Å². The molecule has 0 spiro atoms. The second-order valence-corrected chi connectivity index (χ2v) is 5.22. The Labute approximate surface area is 94.0 Å². The van der Waals surface area contributed by atoms with Gasteiger partial charge in [-0.1, -0.05) is 26.7 Å². The summed E-state index contributed by atoms with van der Waals surface area (Å²) < 4.78 is 5.50. The van der Waals surface area contributed by atoms with E-state index in [1.807, 2.05) is 0 Å². The smallest absolute Gasteiger partial charge is 0.0569 e. The van der Waals surface area contributed by atoms with Gasteiger partial charge in [0.1, 0.15) is 0 Å². The van der Waals surface area contributed by atoms with Crippen molar-refractivity contribution in [1.82, 2.24) is 0 Å². The van der Waals surface area contributed by atoms with Crippen molar-refractivity contribution in [2.24, 2.45) is 11.8 Å². The first-order chi connectivity index (χ1) is 7.20. The Kier molecular flexibility index (Phi) is 6.26. The predicted octanol–water partition coefficient (Wildman–Crippen LogP) is 2.99. The number of ether oxygens (including phenoxy) is 1. The van der Waals surface area contributed by atoms with Gasteiger partial charge >= 0.3 is 0 Å². The maximum atomic E-state index is 9.90. The lowest BCUT2D eigenvalue weighted by Crippen LogP contribution is -2.18. The Morgan fingerprint density at radius 2 is 1.93 bits per heavy atom. The van der Waals surface area contributed by atoms with Crippen LogP contribution in [0.15, 0.2) is 0 Å². The third kappa shape index (κ3) is 5.53. The van der Waals surface area contributed by atoms with E-state index in [0.717, 1.165) is 26.1 Å². The van der Waals surface area contributed by atoms with Crippen LogP contribution in [0.2, 0.25) is 0 Å². The van der Waals surface area contributed by atoms with Crippen LogP contribution in [0.1, 0.15) is 52.4 Å². The van der Waals surface area contributed by atoms with Gasteiger partial charge in [0.15, 0.2) is 0 Å². The molecule has 0 aromatic heterocycles. The molecule has 0 heterocycles. The van der Waals surface area contributed by atoms with E-state index in [1.54, 1.807) is 0 Å². The lowest BCUT2D eigenvalue weighted by Gasteiger charge is -2.17. The Balaban J connectivity index is 1.94. The quantitative estimate of drug-likeness (QED) is 0.660. The highest BCUT2D eigenvalue weighted by atomic mass is 16.5. The monoisotopic (exact) mass is 214 g/mol. The molecular weight excluding hydrogens is 188 g/mol.